The van der Waals surface area contributed by atoms with Crippen molar-refractivity contribution in [1.82, 2.24) is 0 Å². The van der Waals surface area contributed by atoms with Crippen LogP contribution in [0.3, 0.4) is 0 Å². The Bertz CT molecular complexity index is 1170. The van der Waals surface area contributed by atoms with Crippen LogP contribution in [0.15, 0.2) is 48.5 Å². The molecule has 0 aliphatic heterocycles. The second kappa shape index (κ2) is 10.3. The SMILES string of the molecule is CCOc1ccccc1NC(=O)c1sc(NC(=O)c2ccccc2Cl)c(C(=O)OC)c1C. The molecule has 1 heterocycles. The van der Waals surface area contributed by atoms with Gasteiger partial charge in [-0.15, -0.1) is 11.3 Å². The van der Waals surface area contributed by atoms with Crippen LogP contribution in [0.5, 0.6) is 5.75 Å². The number of para-hydroxylation sites is 2. The summed E-state index contributed by atoms with van der Waals surface area (Å²) < 4.78 is 10.4. The number of benzene rings is 2. The van der Waals surface area contributed by atoms with Gasteiger partial charge in [-0.25, -0.2) is 4.79 Å². The summed E-state index contributed by atoms with van der Waals surface area (Å²) in [6.07, 6.45) is 0. The van der Waals surface area contributed by atoms with Gasteiger partial charge in [-0.05, 0) is 43.7 Å². The van der Waals surface area contributed by atoms with E-state index in [1.54, 1.807) is 55.5 Å². The van der Waals surface area contributed by atoms with Crippen LogP contribution in [0.4, 0.5) is 10.7 Å². The summed E-state index contributed by atoms with van der Waals surface area (Å²) in [4.78, 5) is 38.5. The third-order valence-corrected chi connectivity index (χ3v) is 6.06. The average molecular weight is 473 g/mol. The summed E-state index contributed by atoms with van der Waals surface area (Å²) in [6, 6.07) is 13.6. The van der Waals surface area contributed by atoms with E-state index in [0.29, 0.717) is 23.6 Å². The van der Waals surface area contributed by atoms with Gasteiger partial charge in [0.05, 0.1) is 40.4 Å². The molecule has 2 N–H and O–H groups in total. The number of hydrogen-bond acceptors (Lipinski definition) is 6. The Morgan fingerprint density at radius 1 is 1.00 bits per heavy atom. The zero-order valence-corrected chi connectivity index (χ0v) is 19.2. The minimum absolute atomic E-state index is 0.112. The predicted molar refractivity (Wildman–Crippen MR) is 125 cm³/mol. The molecule has 3 rings (SSSR count). The molecule has 0 atom stereocenters. The lowest BCUT2D eigenvalue weighted by atomic mass is 10.1. The van der Waals surface area contributed by atoms with E-state index in [2.05, 4.69) is 10.6 Å². The van der Waals surface area contributed by atoms with Crippen molar-refractivity contribution in [2.75, 3.05) is 24.4 Å². The third kappa shape index (κ3) is 4.92. The smallest absolute Gasteiger partial charge is 0.341 e. The highest BCUT2D eigenvalue weighted by Gasteiger charge is 2.27. The van der Waals surface area contributed by atoms with E-state index in [1.807, 2.05) is 6.92 Å². The number of esters is 1. The molecular formula is C23H21ClN2O5S. The molecule has 7 nitrogen and oxygen atoms in total. The predicted octanol–water partition coefficient (Wildman–Crippen LogP) is 5.40. The van der Waals surface area contributed by atoms with Gasteiger partial charge < -0.3 is 20.1 Å². The number of halogens is 1. The first-order chi connectivity index (χ1) is 15.4. The molecule has 2 amide bonds. The van der Waals surface area contributed by atoms with E-state index in [4.69, 9.17) is 21.1 Å². The number of thiophene rings is 1. The number of carbonyl (C=O) groups is 3. The number of nitrogens with one attached hydrogen (secondary N) is 2. The quantitative estimate of drug-likeness (QED) is 0.449. The van der Waals surface area contributed by atoms with Gasteiger partial charge in [0, 0.05) is 0 Å². The molecule has 0 aliphatic rings. The van der Waals surface area contributed by atoms with Crippen molar-refractivity contribution in [3.63, 3.8) is 0 Å². The van der Waals surface area contributed by atoms with Crippen LogP contribution < -0.4 is 15.4 Å². The van der Waals surface area contributed by atoms with Gasteiger partial charge in [0.2, 0.25) is 0 Å². The number of amides is 2. The minimum Gasteiger partial charge on any atom is -0.492 e. The molecule has 2 aromatic carbocycles. The van der Waals surface area contributed by atoms with E-state index in [9.17, 15) is 14.4 Å². The van der Waals surface area contributed by atoms with Gasteiger partial charge in [0.15, 0.2) is 0 Å². The molecule has 0 aliphatic carbocycles. The Balaban J connectivity index is 1.95. The zero-order chi connectivity index (χ0) is 23.3. The Morgan fingerprint density at radius 3 is 2.38 bits per heavy atom. The summed E-state index contributed by atoms with van der Waals surface area (Å²) in [5.74, 6) is -1.08. The van der Waals surface area contributed by atoms with Crippen LogP contribution in [-0.2, 0) is 4.74 Å². The Labute approximate surface area is 194 Å². The lowest BCUT2D eigenvalue weighted by molar-refractivity contribution is 0.0601. The van der Waals surface area contributed by atoms with Crippen LogP contribution in [0, 0.1) is 6.92 Å². The van der Waals surface area contributed by atoms with Gasteiger partial charge in [0.1, 0.15) is 10.8 Å². The first-order valence-electron chi connectivity index (χ1n) is 9.68. The minimum atomic E-state index is -0.665. The monoisotopic (exact) mass is 472 g/mol. The highest BCUT2D eigenvalue weighted by Crippen LogP contribution is 2.35. The van der Waals surface area contributed by atoms with E-state index < -0.39 is 17.8 Å². The van der Waals surface area contributed by atoms with Crippen LogP contribution >= 0.6 is 22.9 Å². The van der Waals surface area contributed by atoms with Crippen molar-refractivity contribution < 1.29 is 23.9 Å². The maximum atomic E-state index is 13.0. The van der Waals surface area contributed by atoms with Crippen LogP contribution in [-0.4, -0.2) is 31.5 Å². The fourth-order valence-electron chi connectivity index (χ4n) is 3.01. The van der Waals surface area contributed by atoms with Crippen LogP contribution in [0.1, 0.15) is 42.9 Å². The molecule has 9 heteroatoms. The Kier molecular flexibility index (Phi) is 7.50. The van der Waals surface area contributed by atoms with Gasteiger partial charge in [-0.3, -0.25) is 9.59 Å². The molecule has 0 saturated carbocycles. The van der Waals surface area contributed by atoms with Gasteiger partial charge in [-0.1, -0.05) is 35.9 Å². The first kappa shape index (κ1) is 23.3. The Morgan fingerprint density at radius 2 is 1.69 bits per heavy atom. The lowest BCUT2D eigenvalue weighted by Gasteiger charge is -2.11. The van der Waals surface area contributed by atoms with Crippen molar-refractivity contribution >= 4 is 51.4 Å². The summed E-state index contributed by atoms with van der Waals surface area (Å²) in [5.41, 5.74) is 1.24. The first-order valence-corrected chi connectivity index (χ1v) is 10.9. The molecule has 32 heavy (non-hydrogen) atoms. The molecule has 1 aromatic heterocycles. The second-order valence-electron chi connectivity index (χ2n) is 6.57. The molecule has 0 radical (unpaired) electrons. The number of anilines is 2. The Hall–Kier alpha value is -3.36. The fraction of sp³-hybridized carbons (Fsp3) is 0.174. The number of carbonyl (C=O) groups excluding carboxylic acids is 3. The van der Waals surface area contributed by atoms with Gasteiger partial charge in [-0.2, -0.15) is 0 Å². The summed E-state index contributed by atoms with van der Waals surface area (Å²) >= 11 is 7.08. The molecule has 3 aromatic rings. The molecule has 0 fully saturated rings. The van der Waals surface area contributed by atoms with Crippen molar-refractivity contribution in [3.05, 3.63) is 75.1 Å². The zero-order valence-electron chi connectivity index (χ0n) is 17.7. The van der Waals surface area contributed by atoms with Crippen molar-refractivity contribution in [3.8, 4) is 5.75 Å². The van der Waals surface area contributed by atoms with Gasteiger partial charge >= 0.3 is 5.97 Å². The summed E-state index contributed by atoms with van der Waals surface area (Å²) in [5, 5.41) is 5.95. The van der Waals surface area contributed by atoms with Crippen molar-refractivity contribution in [2.45, 2.75) is 13.8 Å². The number of hydrogen-bond donors (Lipinski definition) is 2. The van der Waals surface area contributed by atoms with E-state index in [0.717, 1.165) is 11.3 Å². The maximum absolute atomic E-state index is 13.0. The van der Waals surface area contributed by atoms with Crippen LogP contribution in [0.2, 0.25) is 5.02 Å². The largest absolute Gasteiger partial charge is 0.492 e. The number of rotatable bonds is 7. The summed E-state index contributed by atoms with van der Waals surface area (Å²) in [6.45, 7) is 3.91. The molecule has 166 valence electrons. The van der Waals surface area contributed by atoms with Crippen molar-refractivity contribution in [1.29, 1.82) is 0 Å². The molecule has 0 saturated heterocycles. The normalized spacial score (nSPS) is 10.4. The lowest BCUT2D eigenvalue weighted by Crippen LogP contribution is -2.15. The topological polar surface area (TPSA) is 93.7 Å². The van der Waals surface area contributed by atoms with Crippen molar-refractivity contribution in [2.24, 2.45) is 0 Å². The maximum Gasteiger partial charge on any atom is 0.341 e. The number of methoxy groups -OCH3 is 1. The van der Waals surface area contributed by atoms with E-state index >= 15 is 0 Å². The van der Waals surface area contributed by atoms with Crippen LogP contribution in [0.25, 0.3) is 0 Å². The highest BCUT2D eigenvalue weighted by atomic mass is 35.5. The third-order valence-electron chi connectivity index (χ3n) is 4.52. The van der Waals surface area contributed by atoms with Gasteiger partial charge in [0.25, 0.3) is 11.8 Å². The highest BCUT2D eigenvalue weighted by molar-refractivity contribution is 7.19. The molecule has 0 spiro atoms. The fourth-order valence-corrected chi connectivity index (χ4v) is 4.32. The molecule has 0 unspecified atom stereocenters. The molecule has 0 bridgehead atoms. The summed E-state index contributed by atoms with van der Waals surface area (Å²) in [7, 11) is 1.23. The standard InChI is InChI=1S/C23H21ClN2O5S/c1-4-31-17-12-8-7-11-16(17)25-21(28)19-13(2)18(23(29)30-3)22(32-19)26-20(27)14-9-5-6-10-15(14)24/h5-12H,4H2,1-3H3,(H,25,28)(H,26,27). The average Bonchev–Trinajstić information content (AvgIpc) is 3.10. The van der Waals surface area contributed by atoms with E-state index in [1.165, 1.54) is 7.11 Å². The molecular weight excluding hydrogens is 452 g/mol. The van der Waals surface area contributed by atoms with E-state index in [-0.39, 0.29) is 26.0 Å². The second-order valence-corrected chi connectivity index (χ2v) is 8.00. The number of ether oxygens (including phenoxy) is 2.